The molecule has 4 rings (SSSR count). The number of hydrogen-bond acceptors (Lipinski definition) is 7. The highest BCUT2D eigenvalue weighted by Crippen LogP contribution is 2.31. The molecule has 0 bridgehead atoms. The Labute approximate surface area is 169 Å². The Bertz CT molecular complexity index is 757. The van der Waals surface area contributed by atoms with E-state index in [4.69, 9.17) is 0 Å². The maximum atomic E-state index is 12.7. The summed E-state index contributed by atoms with van der Waals surface area (Å²) in [5, 5.41) is 16.3. The molecule has 1 aromatic heterocycles. The van der Waals surface area contributed by atoms with E-state index in [1.54, 1.807) is 0 Å². The molecule has 27 heavy (non-hydrogen) atoms. The molecule has 1 aromatic carbocycles. The monoisotopic (exact) mass is 408 g/mol. The molecule has 4 atom stereocenters. The van der Waals surface area contributed by atoms with Crippen LogP contribution >= 0.6 is 23.7 Å². The van der Waals surface area contributed by atoms with Gasteiger partial charge in [0.1, 0.15) is 11.0 Å². The number of rotatable bonds is 5. The fraction of sp³-hybridized carbons (Fsp3) is 0.500. The average molecular weight is 409 g/mol. The molecule has 0 spiro atoms. The highest BCUT2D eigenvalue weighted by molar-refractivity contribution is 7.15. The van der Waals surface area contributed by atoms with Crippen molar-refractivity contribution in [1.29, 1.82) is 0 Å². The number of piperidine rings is 1. The van der Waals surface area contributed by atoms with Gasteiger partial charge in [-0.25, -0.2) is 5.43 Å². The second-order valence-electron chi connectivity index (χ2n) is 6.84. The largest absolute Gasteiger partial charge is 0.316 e. The summed E-state index contributed by atoms with van der Waals surface area (Å²) in [5.74, 6) is 0.408. The Morgan fingerprint density at radius 3 is 2.89 bits per heavy atom. The van der Waals surface area contributed by atoms with E-state index < -0.39 is 0 Å². The van der Waals surface area contributed by atoms with Crippen molar-refractivity contribution in [3.05, 3.63) is 40.9 Å². The number of carbonyl (C=O) groups excluding carboxylic acids is 1. The first-order valence-electron chi connectivity index (χ1n) is 9.17. The Morgan fingerprint density at radius 1 is 1.30 bits per heavy atom. The van der Waals surface area contributed by atoms with Crippen LogP contribution in [0.3, 0.4) is 0 Å². The Morgan fingerprint density at radius 2 is 2.11 bits per heavy atom. The molecule has 2 aliphatic heterocycles. The molecule has 2 saturated heterocycles. The highest BCUT2D eigenvalue weighted by atomic mass is 35.5. The summed E-state index contributed by atoms with van der Waals surface area (Å²) in [6.07, 6.45) is 1.97. The number of nitrogens with zero attached hydrogens (tertiary/aromatic N) is 2. The first-order valence-corrected chi connectivity index (χ1v) is 9.99. The maximum absolute atomic E-state index is 12.7. The van der Waals surface area contributed by atoms with Gasteiger partial charge < -0.3 is 5.32 Å². The van der Waals surface area contributed by atoms with Crippen LogP contribution in [0.4, 0.5) is 5.13 Å². The minimum absolute atomic E-state index is 0. The summed E-state index contributed by atoms with van der Waals surface area (Å²) < 4.78 is 0. The van der Waals surface area contributed by atoms with Gasteiger partial charge in [0.25, 0.3) is 0 Å². The van der Waals surface area contributed by atoms with Crippen LogP contribution in [0.5, 0.6) is 0 Å². The van der Waals surface area contributed by atoms with Crippen molar-refractivity contribution in [3.63, 3.8) is 0 Å². The van der Waals surface area contributed by atoms with Crippen molar-refractivity contribution in [2.24, 2.45) is 5.92 Å². The van der Waals surface area contributed by atoms with Gasteiger partial charge in [0.05, 0.1) is 0 Å². The molecule has 4 unspecified atom stereocenters. The summed E-state index contributed by atoms with van der Waals surface area (Å²) in [6.45, 7) is 3.97. The van der Waals surface area contributed by atoms with Gasteiger partial charge in [-0.3, -0.25) is 15.5 Å². The number of hydrazine groups is 1. The summed E-state index contributed by atoms with van der Waals surface area (Å²) >= 11 is 1.46. The van der Waals surface area contributed by atoms with Crippen LogP contribution in [0.25, 0.3) is 0 Å². The van der Waals surface area contributed by atoms with Gasteiger partial charge in [-0.15, -0.1) is 22.6 Å². The van der Waals surface area contributed by atoms with Crippen LogP contribution in [-0.2, 0) is 4.79 Å². The molecule has 3 heterocycles. The molecule has 7 nitrogen and oxygen atoms in total. The zero-order chi connectivity index (χ0) is 17.9. The van der Waals surface area contributed by atoms with Crippen molar-refractivity contribution in [2.75, 3.05) is 18.4 Å². The smallest absolute Gasteiger partial charge is 0.245 e. The Balaban J connectivity index is 0.00000210. The zero-order valence-corrected chi connectivity index (χ0v) is 16.8. The van der Waals surface area contributed by atoms with Gasteiger partial charge in [-0.2, -0.15) is 0 Å². The second kappa shape index (κ2) is 9.07. The normalized spacial score (nSPS) is 25.3. The minimum Gasteiger partial charge on any atom is -0.316 e. The summed E-state index contributed by atoms with van der Waals surface area (Å²) in [7, 11) is 0. The standard InChI is InChI=1S/C18H24N6OS.ClH/c1-2-12(11-6-4-3-5-7-11)17-23-24-18(26-17)20-16(25)15-13-10-19-9-8-14(13)21-22-15;/h3-7,12-15,19,21-22H,2,8-10H2,1H3,(H,20,24,25);1H. The predicted octanol–water partition coefficient (Wildman–Crippen LogP) is 1.89. The van der Waals surface area contributed by atoms with Crippen LogP contribution in [0.2, 0.25) is 0 Å². The van der Waals surface area contributed by atoms with Gasteiger partial charge in [0.15, 0.2) is 0 Å². The number of aromatic nitrogens is 2. The van der Waals surface area contributed by atoms with Gasteiger partial charge in [-0.1, -0.05) is 48.6 Å². The molecule has 146 valence electrons. The summed E-state index contributed by atoms with van der Waals surface area (Å²) in [5.41, 5.74) is 7.61. The average Bonchev–Trinajstić information content (AvgIpc) is 3.30. The van der Waals surface area contributed by atoms with E-state index in [9.17, 15) is 4.79 Å². The summed E-state index contributed by atoms with van der Waals surface area (Å²) in [4.78, 5) is 12.7. The number of fused-ring (bicyclic) bond motifs is 1. The lowest BCUT2D eigenvalue weighted by Crippen LogP contribution is -2.47. The van der Waals surface area contributed by atoms with Crippen molar-refractivity contribution in [2.45, 2.75) is 37.8 Å². The highest BCUT2D eigenvalue weighted by Gasteiger charge is 2.41. The Hall–Kier alpha value is -1.58. The lowest BCUT2D eigenvalue weighted by Gasteiger charge is -2.27. The molecule has 0 aliphatic carbocycles. The van der Waals surface area contributed by atoms with Crippen LogP contribution in [0, 0.1) is 5.92 Å². The number of anilines is 1. The third kappa shape index (κ3) is 4.30. The quantitative estimate of drug-likeness (QED) is 0.604. The lowest BCUT2D eigenvalue weighted by atomic mass is 9.89. The number of halogens is 1. The van der Waals surface area contributed by atoms with E-state index in [0.29, 0.717) is 11.2 Å². The first kappa shape index (κ1) is 20.2. The molecule has 0 saturated carbocycles. The third-order valence-corrected chi connectivity index (χ3v) is 6.20. The SMILES string of the molecule is CCC(c1ccccc1)c1nnc(NC(=O)C2NNC3CCNCC32)s1.Cl. The van der Waals surface area contributed by atoms with E-state index in [1.165, 1.54) is 16.9 Å². The topological polar surface area (TPSA) is 91.0 Å². The van der Waals surface area contributed by atoms with Gasteiger partial charge in [0.2, 0.25) is 11.0 Å². The molecular weight excluding hydrogens is 384 g/mol. The Kier molecular flexibility index (Phi) is 6.78. The number of hydrogen-bond donors (Lipinski definition) is 4. The van der Waals surface area contributed by atoms with Crippen LogP contribution in [-0.4, -0.2) is 41.3 Å². The van der Waals surface area contributed by atoms with Crippen molar-refractivity contribution >= 4 is 34.8 Å². The lowest BCUT2D eigenvalue weighted by molar-refractivity contribution is -0.118. The number of amides is 1. The maximum Gasteiger partial charge on any atom is 0.245 e. The van der Waals surface area contributed by atoms with Crippen molar-refractivity contribution in [3.8, 4) is 0 Å². The number of nitrogens with one attached hydrogen (secondary N) is 4. The van der Waals surface area contributed by atoms with E-state index >= 15 is 0 Å². The molecule has 9 heteroatoms. The van der Waals surface area contributed by atoms with E-state index in [0.717, 1.165) is 30.9 Å². The molecule has 2 aromatic rings. The van der Waals surface area contributed by atoms with Crippen molar-refractivity contribution < 1.29 is 4.79 Å². The predicted molar refractivity (Wildman–Crippen MR) is 109 cm³/mol. The van der Waals surface area contributed by atoms with Gasteiger partial charge in [0, 0.05) is 24.4 Å². The fourth-order valence-electron chi connectivity index (χ4n) is 3.82. The molecule has 4 N–H and O–H groups in total. The molecule has 2 fully saturated rings. The minimum atomic E-state index is -0.253. The molecule has 1 amide bonds. The van der Waals surface area contributed by atoms with Crippen molar-refractivity contribution in [1.82, 2.24) is 26.4 Å². The number of carbonyl (C=O) groups is 1. The van der Waals surface area contributed by atoms with E-state index in [1.807, 2.05) is 18.2 Å². The first-order chi connectivity index (χ1) is 12.8. The van der Waals surface area contributed by atoms with Crippen LogP contribution < -0.4 is 21.5 Å². The van der Waals surface area contributed by atoms with Gasteiger partial charge >= 0.3 is 0 Å². The molecule has 2 aliphatic rings. The van der Waals surface area contributed by atoms with Crippen LogP contribution in [0.15, 0.2) is 30.3 Å². The number of benzene rings is 1. The second-order valence-corrected chi connectivity index (χ2v) is 7.84. The molecular formula is C18H25ClN6OS. The molecule has 0 radical (unpaired) electrons. The van der Waals surface area contributed by atoms with Crippen LogP contribution in [0.1, 0.15) is 36.3 Å². The summed E-state index contributed by atoms with van der Waals surface area (Å²) in [6, 6.07) is 10.4. The fourth-order valence-corrected chi connectivity index (χ4v) is 4.78. The van der Waals surface area contributed by atoms with Gasteiger partial charge in [-0.05, 0) is 24.9 Å². The van der Waals surface area contributed by atoms with E-state index in [-0.39, 0.29) is 36.2 Å². The zero-order valence-electron chi connectivity index (χ0n) is 15.1. The third-order valence-electron chi connectivity index (χ3n) is 5.24. The van der Waals surface area contributed by atoms with E-state index in [2.05, 4.69) is 50.7 Å².